The maximum absolute atomic E-state index is 12.0. The number of carbonyl (C=O) groups is 2. The highest BCUT2D eigenvalue weighted by molar-refractivity contribution is 5.98. The van der Waals surface area contributed by atoms with Gasteiger partial charge in [0.1, 0.15) is 11.8 Å². The van der Waals surface area contributed by atoms with Gasteiger partial charge < -0.3 is 21.6 Å². The van der Waals surface area contributed by atoms with E-state index in [1.54, 1.807) is 6.07 Å². The standard InChI is InChI=1S/C23H21N5O3/c24-21(30)14-10-11-16(15(20(29)22(25)31)12-13-6-2-1-3-7-13)26-19(14)23-27-17-8-4-5-9-18(17)28-23/h1-11,15,20,29H,12H2,(H2,24,30)(H2,25,31)(H,27,28). The second kappa shape index (κ2) is 8.37. The average molecular weight is 415 g/mol. The van der Waals surface area contributed by atoms with Gasteiger partial charge in [-0.25, -0.2) is 9.97 Å². The van der Waals surface area contributed by atoms with Gasteiger partial charge in [-0.1, -0.05) is 42.5 Å². The molecule has 2 heterocycles. The summed E-state index contributed by atoms with van der Waals surface area (Å²) in [5.74, 6) is -1.87. The van der Waals surface area contributed by atoms with Crippen molar-refractivity contribution in [2.75, 3.05) is 0 Å². The number of aromatic amines is 1. The number of nitrogens with two attached hydrogens (primary N) is 2. The van der Waals surface area contributed by atoms with E-state index < -0.39 is 23.8 Å². The Morgan fingerprint density at radius 3 is 2.32 bits per heavy atom. The number of hydrogen-bond donors (Lipinski definition) is 4. The zero-order valence-electron chi connectivity index (χ0n) is 16.5. The average Bonchev–Trinajstić information content (AvgIpc) is 3.21. The molecule has 2 aromatic heterocycles. The summed E-state index contributed by atoms with van der Waals surface area (Å²) in [5, 5.41) is 10.5. The van der Waals surface area contributed by atoms with Gasteiger partial charge in [-0.05, 0) is 36.2 Å². The smallest absolute Gasteiger partial charge is 0.251 e. The molecular weight excluding hydrogens is 394 g/mol. The first kappa shape index (κ1) is 20.2. The van der Waals surface area contributed by atoms with E-state index in [9.17, 15) is 14.7 Å². The molecule has 0 bridgehead atoms. The van der Waals surface area contributed by atoms with Crippen molar-refractivity contribution in [1.82, 2.24) is 15.0 Å². The third-order valence-corrected chi connectivity index (χ3v) is 5.15. The summed E-state index contributed by atoms with van der Waals surface area (Å²) in [6.07, 6.45) is -1.14. The lowest BCUT2D eigenvalue weighted by molar-refractivity contribution is -0.127. The number of amides is 2. The molecule has 0 aliphatic rings. The van der Waals surface area contributed by atoms with Crippen molar-refractivity contribution in [2.45, 2.75) is 18.4 Å². The molecule has 2 amide bonds. The van der Waals surface area contributed by atoms with Crippen LogP contribution in [-0.4, -0.2) is 38.0 Å². The molecule has 2 aromatic carbocycles. The van der Waals surface area contributed by atoms with Crippen LogP contribution in [-0.2, 0) is 11.2 Å². The van der Waals surface area contributed by atoms with Gasteiger partial charge in [0.25, 0.3) is 5.91 Å². The Kier molecular flexibility index (Phi) is 5.46. The van der Waals surface area contributed by atoms with Crippen LogP contribution in [0.2, 0.25) is 0 Å². The van der Waals surface area contributed by atoms with Gasteiger partial charge in [-0.2, -0.15) is 0 Å². The van der Waals surface area contributed by atoms with Crippen molar-refractivity contribution in [1.29, 1.82) is 0 Å². The number of primary amides is 2. The lowest BCUT2D eigenvalue weighted by Gasteiger charge is -2.21. The van der Waals surface area contributed by atoms with E-state index >= 15 is 0 Å². The number of carbonyl (C=O) groups excluding carboxylic acids is 2. The number of aromatic nitrogens is 3. The summed E-state index contributed by atoms with van der Waals surface area (Å²) in [6.45, 7) is 0. The van der Waals surface area contributed by atoms with Crippen LogP contribution >= 0.6 is 0 Å². The second-order valence-corrected chi connectivity index (χ2v) is 7.24. The van der Waals surface area contributed by atoms with E-state index in [-0.39, 0.29) is 11.3 Å². The fourth-order valence-electron chi connectivity index (χ4n) is 3.57. The first-order chi connectivity index (χ1) is 14.9. The largest absolute Gasteiger partial charge is 0.383 e. The van der Waals surface area contributed by atoms with Crippen molar-refractivity contribution in [2.24, 2.45) is 11.5 Å². The molecule has 8 nitrogen and oxygen atoms in total. The Morgan fingerprint density at radius 2 is 1.65 bits per heavy atom. The summed E-state index contributed by atoms with van der Waals surface area (Å²) in [5.41, 5.74) is 14.2. The Bertz CT molecular complexity index is 1220. The van der Waals surface area contributed by atoms with Crippen molar-refractivity contribution in [3.05, 3.63) is 83.6 Å². The number of fused-ring (bicyclic) bond motifs is 1. The number of rotatable bonds is 7. The van der Waals surface area contributed by atoms with E-state index in [0.717, 1.165) is 11.1 Å². The highest BCUT2D eigenvalue weighted by atomic mass is 16.3. The molecule has 2 unspecified atom stereocenters. The lowest BCUT2D eigenvalue weighted by Crippen LogP contribution is -2.35. The van der Waals surface area contributed by atoms with E-state index in [2.05, 4.69) is 15.0 Å². The molecule has 0 aliphatic carbocycles. The number of H-pyrrole nitrogens is 1. The van der Waals surface area contributed by atoms with E-state index in [1.807, 2.05) is 54.6 Å². The van der Waals surface area contributed by atoms with Gasteiger partial charge in [0.2, 0.25) is 5.91 Å². The molecule has 0 aliphatic heterocycles. The number of pyridine rings is 1. The Hall–Kier alpha value is -4.04. The number of nitrogens with one attached hydrogen (secondary N) is 1. The molecule has 31 heavy (non-hydrogen) atoms. The van der Waals surface area contributed by atoms with Crippen LogP contribution in [0.1, 0.15) is 27.5 Å². The first-order valence-electron chi connectivity index (χ1n) is 9.71. The predicted octanol–water partition coefficient (Wildman–Crippen LogP) is 1.90. The summed E-state index contributed by atoms with van der Waals surface area (Å²) in [6, 6.07) is 19.9. The highest BCUT2D eigenvalue weighted by Crippen LogP contribution is 2.28. The van der Waals surface area contributed by atoms with Gasteiger partial charge in [0.15, 0.2) is 5.82 Å². The third-order valence-electron chi connectivity index (χ3n) is 5.15. The molecule has 0 saturated carbocycles. The van der Waals surface area contributed by atoms with Crippen LogP contribution in [0.4, 0.5) is 0 Å². The minimum atomic E-state index is -1.46. The van der Waals surface area contributed by atoms with E-state index in [4.69, 9.17) is 11.5 Å². The van der Waals surface area contributed by atoms with Crippen LogP contribution in [0.25, 0.3) is 22.6 Å². The van der Waals surface area contributed by atoms with Gasteiger partial charge >= 0.3 is 0 Å². The van der Waals surface area contributed by atoms with Crippen LogP contribution in [0.15, 0.2) is 66.7 Å². The van der Waals surface area contributed by atoms with Crippen molar-refractivity contribution >= 4 is 22.8 Å². The normalized spacial score (nSPS) is 13.1. The number of para-hydroxylation sites is 2. The minimum Gasteiger partial charge on any atom is -0.383 e. The molecule has 4 rings (SSSR count). The SMILES string of the molecule is NC(=O)c1ccc(C(Cc2ccccc2)C(O)C(N)=O)nc1-c1nc2ccccc2[nH]1. The maximum Gasteiger partial charge on any atom is 0.251 e. The molecule has 0 saturated heterocycles. The quantitative estimate of drug-likeness (QED) is 0.364. The van der Waals surface area contributed by atoms with Crippen LogP contribution in [0.3, 0.4) is 0 Å². The van der Waals surface area contributed by atoms with Gasteiger partial charge in [-0.15, -0.1) is 0 Å². The molecule has 0 fully saturated rings. The number of imidazole rings is 1. The third kappa shape index (κ3) is 4.15. The lowest BCUT2D eigenvalue weighted by atomic mass is 9.89. The van der Waals surface area contributed by atoms with Gasteiger partial charge in [-0.3, -0.25) is 9.59 Å². The van der Waals surface area contributed by atoms with Gasteiger partial charge in [0, 0.05) is 11.6 Å². The molecule has 0 radical (unpaired) electrons. The monoisotopic (exact) mass is 415 g/mol. The van der Waals surface area contributed by atoms with Gasteiger partial charge in [0.05, 0.1) is 16.6 Å². The van der Waals surface area contributed by atoms with E-state index in [1.165, 1.54) is 6.07 Å². The first-order valence-corrected chi connectivity index (χ1v) is 9.71. The number of benzene rings is 2. The minimum absolute atomic E-state index is 0.176. The van der Waals surface area contributed by atoms with Crippen molar-refractivity contribution in [3.8, 4) is 11.5 Å². The fraction of sp³-hybridized carbons (Fsp3) is 0.130. The van der Waals surface area contributed by atoms with Crippen LogP contribution < -0.4 is 11.5 Å². The fourth-order valence-corrected chi connectivity index (χ4v) is 3.57. The number of aliphatic hydroxyl groups is 1. The molecular formula is C23H21N5O3. The Balaban J connectivity index is 1.83. The van der Waals surface area contributed by atoms with Crippen molar-refractivity contribution in [3.63, 3.8) is 0 Å². The highest BCUT2D eigenvalue weighted by Gasteiger charge is 2.29. The molecule has 6 N–H and O–H groups in total. The summed E-state index contributed by atoms with van der Waals surface area (Å²) in [4.78, 5) is 36.1. The summed E-state index contributed by atoms with van der Waals surface area (Å²) < 4.78 is 0. The van der Waals surface area contributed by atoms with E-state index in [0.29, 0.717) is 23.5 Å². The second-order valence-electron chi connectivity index (χ2n) is 7.24. The predicted molar refractivity (Wildman–Crippen MR) is 116 cm³/mol. The molecule has 156 valence electrons. The maximum atomic E-state index is 12.0. The Labute approximate surface area is 177 Å². The zero-order chi connectivity index (χ0) is 22.0. The molecule has 8 heteroatoms. The van der Waals surface area contributed by atoms with Crippen molar-refractivity contribution < 1.29 is 14.7 Å². The summed E-state index contributed by atoms with van der Waals surface area (Å²) >= 11 is 0. The summed E-state index contributed by atoms with van der Waals surface area (Å²) in [7, 11) is 0. The topological polar surface area (TPSA) is 148 Å². The number of aliphatic hydroxyl groups excluding tert-OH is 1. The zero-order valence-corrected chi connectivity index (χ0v) is 16.5. The molecule has 4 aromatic rings. The van der Waals surface area contributed by atoms with Crippen LogP contribution in [0.5, 0.6) is 0 Å². The number of nitrogens with zero attached hydrogens (tertiary/aromatic N) is 2. The molecule has 2 atom stereocenters. The molecule has 0 spiro atoms. The number of hydrogen-bond acceptors (Lipinski definition) is 5. The Morgan fingerprint density at radius 1 is 0.935 bits per heavy atom. The van der Waals surface area contributed by atoms with Crippen LogP contribution in [0, 0.1) is 0 Å².